The van der Waals surface area contributed by atoms with Crippen molar-refractivity contribution in [3.63, 3.8) is 0 Å². The molecule has 0 saturated heterocycles. The largest absolute Gasteiger partial charge is 0.493 e. The topological polar surface area (TPSA) is 66.0 Å². The fraction of sp³-hybridized carbons (Fsp3) is 0.333. The summed E-state index contributed by atoms with van der Waals surface area (Å²) < 4.78 is 7.55. The smallest absolute Gasteiger partial charge is 0.119 e. The Labute approximate surface area is 119 Å². The van der Waals surface area contributed by atoms with Crippen molar-refractivity contribution >= 4 is 0 Å². The van der Waals surface area contributed by atoms with Crippen LogP contribution in [-0.2, 0) is 19.5 Å². The first-order chi connectivity index (χ1) is 9.70. The quantitative estimate of drug-likeness (QED) is 0.782. The molecule has 0 bridgehead atoms. The average molecular weight is 272 g/mol. The SMILES string of the molecule is C=C(C)Cn1nnc(CN)c1CCOc1ccccc1. The van der Waals surface area contributed by atoms with E-state index in [1.54, 1.807) is 0 Å². The van der Waals surface area contributed by atoms with Crippen molar-refractivity contribution in [2.45, 2.75) is 26.4 Å². The fourth-order valence-electron chi connectivity index (χ4n) is 1.97. The summed E-state index contributed by atoms with van der Waals surface area (Å²) in [5.41, 5.74) is 8.57. The van der Waals surface area contributed by atoms with Gasteiger partial charge in [-0.1, -0.05) is 35.6 Å². The number of allylic oxidation sites excluding steroid dienone is 1. The van der Waals surface area contributed by atoms with Crippen LogP contribution in [0.15, 0.2) is 42.5 Å². The van der Waals surface area contributed by atoms with Crippen molar-refractivity contribution in [1.29, 1.82) is 0 Å². The minimum absolute atomic E-state index is 0.386. The summed E-state index contributed by atoms with van der Waals surface area (Å²) in [6, 6.07) is 9.74. The lowest BCUT2D eigenvalue weighted by Gasteiger charge is -2.09. The van der Waals surface area contributed by atoms with Crippen molar-refractivity contribution in [1.82, 2.24) is 15.0 Å². The molecule has 106 valence electrons. The lowest BCUT2D eigenvalue weighted by molar-refractivity contribution is 0.317. The van der Waals surface area contributed by atoms with Gasteiger partial charge in [0.1, 0.15) is 5.75 Å². The van der Waals surface area contributed by atoms with E-state index < -0.39 is 0 Å². The van der Waals surface area contributed by atoms with Gasteiger partial charge in [-0.3, -0.25) is 0 Å². The van der Waals surface area contributed by atoms with E-state index in [9.17, 15) is 0 Å². The van der Waals surface area contributed by atoms with Crippen molar-refractivity contribution in [2.75, 3.05) is 6.61 Å². The molecule has 5 nitrogen and oxygen atoms in total. The van der Waals surface area contributed by atoms with E-state index in [1.807, 2.05) is 41.9 Å². The van der Waals surface area contributed by atoms with Crippen LogP contribution in [0.1, 0.15) is 18.3 Å². The predicted octanol–water partition coefficient (Wildman–Crippen LogP) is 1.93. The molecule has 0 aliphatic rings. The Morgan fingerprint density at radius 1 is 1.35 bits per heavy atom. The molecule has 0 fully saturated rings. The van der Waals surface area contributed by atoms with Crippen LogP contribution in [0.3, 0.4) is 0 Å². The number of para-hydroxylation sites is 1. The zero-order chi connectivity index (χ0) is 14.4. The minimum Gasteiger partial charge on any atom is -0.493 e. The van der Waals surface area contributed by atoms with Gasteiger partial charge >= 0.3 is 0 Å². The Bertz CT molecular complexity index is 563. The lowest BCUT2D eigenvalue weighted by Crippen LogP contribution is -2.12. The normalized spacial score (nSPS) is 10.5. The van der Waals surface area contributed by atoms with E-state index in [0.29, 0.717) is 19.7 Å². The maximum Gasteiger partial charge on any atom is 0.119 e. The molecule has 20 heavy (non-hydrogen) atoms. The van der Waals surface area contributed by atoms with Gasteiger partial charge in [0.15, 0.2) is 0 Å². The summed E-state index contributed by atoms with van der Waals surface area (Å²) in [6.07, 6.45) is 0.724. The standard InChI is InChI=1S/C15H20N4O/c1-12(2)11-19-15(14(10-16)17-18-19)8-9-20-13-6-4-3-5-7-13/h3-7H,1,8-11,16H2,2H3. The third kappa shape index (κ3) is 3.68. The van der Waals surface area contributed by atoms with Crippen molar-refractivity contribution < 1.29 is 4.74 Å². The van der Waals surface area contributed by atoms with Gasteiger partial charge in [-0.2, -0.15) is 0 Å². The molecule has 0 aliphatic carbocycles. The first kappa shape index (κ1) is 14.3. The van der Waals surface area contributed by atoms with Crippen molar-refractivity contribution in [3.05, 3.63) is 53.9 Å². The predicted molar refractivity (Wildman–Crippen MR) is 78.4 cm³/mol. The number of benzene rings is 1. The van der Waals surface area contributed by atoms with Crippen molar-refractivity contribution in [2.24, 2.45) is 5.73 Å². The molecule has 0 saturated carbocycles. The van der Waals surface area contributed by atoms with E-state index in [4.69, 9.17) is 10.5 Å². The Kier molecular flexibility index (Phi) is 4.90. The molecule has 1 aromatic carbocycles. The molecule has 0 radical (unpaired) electrons. The van der Waals surface area contributed by atoms with Crippen LogP contribution in [0.2, 0.25) is 0 Å². The van der Waals surface area contributed by atoms with Crippen molar-refractivity contribution in [3.8, 4) is 5.75 Å². The third-order valence-electron chi connectivity index (χ3n) is 2.88. The van der Waals surface area contributed by atoms with Gasteiger partial charge in [0.25, 0.3) is 0 Å². The molecule has 2 rings (SSSR count). The summed E-state index contributed by atoms with van der Waals surface area (Å²) in [4.78, 5) is 0. The van der Waals surface area contributed by atoms with E-state index in [0.717, 1.165) is 29.1 Å². The van der Waals surface area contributed by atoms with Crippen LogP contribution >= 0.6 is 0 Å². The highest BCUT2D eigenvalue weighted by Crippen LogP contribution is 2.11. The van der Waals surface area contributed by atoms with Crippen LogP contribution < -0.4 is 10.5 Å². The maximum atomic E-state index is 5.71. The van der Waals surface area contributed by atoms with Gasteiger partial charge in [0.2, 0.25) is 0 Å². The molecule has 5 heteroatoms. The second-order valence-corrected chi connectivity index (χ2v) is 4.71. The zero-order valence-electron chi connectivity index (χ0n) is 11.7. The highest BCUT2D eigenvalue weighted by atomic mass is 16.5. The summed E-state index contributed by atoms with van der Waals surface area (Å²) in [5, 5.41) is 8.23. The Morgan fingerprint density at radius 2 is 2.10 bits per heavy atom. The number of nitrogens with zero attached hydrogens (tertiary/aromatic N) is 3. The van der Waals surface area contributed by atoms with Crippen LogP contribution in [0.25, 0.3) is 0 Å². The molecular weight excluding hydrogens is 252 g/mol. The number of hydrogen-bond donors (Lipinski definition) is 1. The number of aromatic nitrogens is 3. The second-order valence-electron chi connectivity index (χ2n) is 4.71. The third-order valence-corrected chi connectivity index (χ3v) is 2.88. The van der Waals surface area contributed by atoms with E-state index in [2.05, 4.69) is 16.9 Å². The summed E-state index contributed by atoms with van der Waals surface area (Å²) in [7, 11) is 0. The zero-order valence-corrected chi connectivity index (χ0v) is 11.7. The molecular formula is C15H20N4O. The molecule has 2 aromatic rings. The van der Waals surface area contributed by atoms with Gasteiger partial charge in [-0.15, -0.1) is 5.10 Å². The van der Waals surface area contributed by atoms with Crippen LogP contribution in [0.5, 0.6) is 5.75 Å². The Morgan fingerprint density at radius 3 is 2.75 bits per heavy atom. The summed E-state index contributed by atoms with van der Waals surface area (Å²) in [5.74, 6) is 0.862. The van der Waals surface area contributed by atoms with Crippen LogP contribution in [0, 0.1) is 0 Å². The van der Waals surface area contributed by atoms with Gasteiger partial charge < -0.3 is 10.5 Å². The molecule has 0 amide bonds. The van der Waals surface area contributed by atoms with Gasteiger partial charge in [0.05, 0.1) is 24.5 Å². The second kappa shape index (κ2) is 6.86. The molecule has 0 aliphatic heterocycles. The summed E-state index contributed by atoms with van der Waals surface area (Å²) >= 11 is 0. The number of rotatable bonds is 7. The van der Waals surface area contributed by atoms with Crippen LogP contribution in [-0.4, -0.2) is 21.6 Å². The van der Waals surface area contributed by atoms with E-state index in [-0.39, 0.29) is 0 Å². The highest BCUT2D eigenvalue weighted by molar-refractivity contribution is 5.21. The number of ether oxygens (including phenoxy) is 1. The molecule has 1 aromatic heterocycles. The van der Waals surface area contributed by atoms with E-state index >= 15 is 0 Å². The highest BCUT2D eigenvalue weighted by Gasteiger charge is 2.11. The monoisotopic (exact) mass is 272 g/mol. The first-order valence-electron chi connectivity index (χ1n) is 6.64. The number of hydrogen-bond acceptors (Lipinski definition) is 4. The Balaban J connectivity index is 2.00. The lowest BCUT2D eigenvalue weighted by atomic mass is 10.2. The van der Waals surface area contributed by atoms with Crippen LogP contribution in [0.4, 0.5) is 0 Å². The first-order valence-corrected chi connectivity index (χ1v) is 6.64. The molecule has 0 unspecified atom stereocenters. The maximum absolute atomic E-state index is 5.71. The molecule has 0 spiro atoms. The van der Waals surface area contributed by atoms with Gasteiger partial charge in [-0.25, -0.2) is 4.68 Å². The fourth-order valence-corrected chi connectivity index (χ4v) is 1.97. The molecule has 2 N–H and O–H groups in total. The molecule has 0 atom stereocenters. The molecule has 1 heterocycles. The Hall–Kier alpha value is -2.14. The summed E-state index contributed by atoms with van der Waals surface area (Å²) in [6.45, 7) is 7.49. The van der Waals surface area contributed by atoms with E-state index in [1.165, 1.54) is 0 Å². The van der Waals surface area contributed by atoms with Gasteiger partial charge in [0, 0.05) is 13.0 Å². The minimum atomic E-state index is 0.386. The average Bonchev–Trinajstić information content (AvgIpc) is 2.82. The number of nitrogens with two attached hydrogens (primary N) is 1. The van der Waals surface area contributed by atoms with Gasteiger partial charge in [-0.05, 0) is 19.1 Å².